The number of hydrogen-bond donors (Lipinski definition) is 1. The first kappa shape index (κ1) is 16.9. The van der Waals surface area contributed by atoms with Gasteiger partial charge in [0.1, 0.15) is 16.9 Å². The van der Waals surface area contributed by atoms with Crippen LogP contribution in [0, 0.1) is 0 Å². The zero-order valence-corrected chi connectivity index (χ0v) is 15.2. The fraction of sp³-hybridized carbons (Fsp3) is 0.381. The molecule has 1 amide bonds. The average Bonchev–Trinajstić information content (AvgIpc) is 3.28. The number of fused-ring (bicyclic) bond motifs is 3. The molecule has 26 heavy (non-hydrogen) atoms. The predicted octanol–water partition coefficient (Wildman–Crippen LogP) is 4.41. The summed E-state index contributed by atoms with van der Waals surface area (Å²) in [6, 6.07) is 12.2. The zero-order valence-electron chi connectivity index (χ0n) is 15.2. The van der Waals surface area contributed by atoms with Gasteiger partial charge < -0.3 is 14.5 Å². The molecule has 4 rings (SSSR count). The molecule has 2 aromatic carbocycles. The molecule has 0 aliphatic heterocycles. The number of carbonyl (C=O) groups is 1. The first-order valence-corrected chi connectivity index (χ1v) is 9.15. The molecule has 0 radical (unpaired) electrons. The van der Waals surface area contributed by atoms with Crippen LogP contribution in [-0.2, 0) is 4.79 Å². The highest BCUT2D eigenvalue weighted by Crippen LogP contribution is 2.36. The smallest absolute Gasteiger partial charge is 0.238 e. The van der Waals surface area contributed by atoms with Crippen molar-refractivity contribution in [1.82, 2.24) is 4.90 Å². The monoisotopic (exact) mass is 352 g/mol. The Hall–Kier alpha value is -2.53. The number of likely N-dealkylation sites (N-methyl/N-ethyl adjacent to an activating group) is 1. The quantitative estimate of drug-likeness (QED) is 0.739. The van der Waals surface area contributed by atoms with Crippen LogP contribution in [0.15, 0.2) is 40.8 Å². The van der Waals surface area contributed by atoms with Gasteiger partial charge >= 0.3 is 0 Å². The number of anilines is 1. The summed E-state index contributed by atoms with van der Waals surface area (Å²) in [5.74, 6) is 0.606. The fourth-order valence-electron chi connectivity index (χ4n) is 3.91. The molecule has 1 aliphatic rings. The van der Waals surface area contributed by atoms with Gasteiger partial charge in [0.25, 0.3) is 0 Å². The van der Waals surface area contributed by atoms with Gasteiger partial charge in [0.15, 0.2) is 0 Å². The maximum Gasteiger partial charge on any atom is 0.238 e. The van der Waals surface area contributed by atoms with Crippen molar-refractivity contribution in [3.05, 3.63) is 36.4 Å². The molecule has 1 heterocycles. The average molecular weight is 352 g/mol. The van der Waals surface area contributed by atoms with Crippen LogP contribution in [0.5, 0.6) is 5.75 Å². The Morgan fingerprint density at radius 1 is 1.19 bits per heavy atom. The highest BCUT2D eigenvalue weighted by atomic mass is 16.5. The normalized spacial score (nSPS) is 15.2. The number of ether oxygens (including phenoxy) is 1. The van der Waals surface area contributed by atoms with E-state index < -0.39 is 0 Å². The number of nitrogens with one attached hydrogen (secondary N) is 1. The minimum absolute atomic E-state index is 0.0341. The summed E-state index contributed by atoms with van der Waals surface area (Å²) in [5.41, 5.74) is 2.21. The van der Waals surface area contributed by atoms with Crippen LogP contribution >= 0.6 is 0 Å². The SMILES string of the molecule is COc1cc2c(cc1NC(=O)CN(C)C1CCCC1)oc1ccccc12. The Bertz CT molecular complexity index is 941. The Kier molecular flexibility index (Phi) is 4.55. The molecule has 0 unspecified atom stereocenters. The summed E-state index contributed by atoms with van der Waals surface area (Å²) >= 11 is 0. The lowest BCUT2D eigenvalue weighted by Crippen LogP contribution is -2.36. The van der Waals surface area contributed by atoms with E-state index in [1.54, 1.807) is 7.11 Å². The van der Waals surface area contributed by atoms with Gasteiger partial charge in [-0.05, 0) is 32.0 Å². The highest BCUT2D eigenvalue weighted by Gasteiger charge is 2.22. The van der Waals surface area contributed by atoms with Crippen molar-refractivity contribution in [1.29, 1.82) is 0 Å². The summed E-state index contributed by atoms with van der Waals surface area (Å²) in [5, 5.41) is 5.01. The highest BCUT2D eigenvalue weighted by molar-refractivity contribution is 6.07. The molecule has 1 aromatic heterocycles. The van der Waals surface area contributed by atoms with E-state index in [2.05, 4.69) is 10.2 Å². The molecule has 0 bridgehead atoms. The minimum Gasteiger partial charge on any atom is -0.495 e. The number of para-hydroxylation sites is 1. The van der Waals surface area contributed by atoms with Gasteiger partial charge in [-0.25, -0.2) is 0 Å². The van der Waals surface area contributed by atoms with Crippen LogP contribution in [0.3, 0.4) is 0 Å². The summed E-state index contributed by atoms with van der Waals surface area (Å²) in [7, 11) is 3.64. The largest absolute Gasteiger partial charge is 0.495 e. The molecule has 5 heteroatoms. The van der Waals surface area contributed by atoms with Crippen LogP contribution in [-0.4, -0.2) is 37.6 Å². The molecule has 0 spiro atoms. The third-order valence-electron chi connectivity index (χ3n) is 5.31. The predicted molar refractivity (Wildman–Crippen MR) is 104 cm³/mol. The molecule has 1 N–H and O–H groups in total. The zero-order chi connectivity index (χ0) is 18.1. The number of rotatable bonds is 5. The molecule has 1 saturated carbocycles. The van der Waals surface area contributed by atoms with E-state index in [1.807, 2.05) is 43.4 Å². The standard InChI is InChI=1S/C21H24N2O3/c1-23(14-7-3-4-8-14)13-21(24)22-17-12-19-16(11-20(17)25-2)15-9-5-6-10-18(15)26-19/h5-6,9-12,14H,3-4,7-8,13H2,1-2H3,(H,22,24). The van der Waals surface area contributed by atoms with Crippen LogP contribution in [0.2, 0.25) is 0 Å². The van der Waals surface area contributed by atoms with Crippen molar-refractivity contribution in [3.8, 4) is 5.75 Å². The molecule has 1 aliphatic carbocycles. The number of amides is 1. The van der Waals surface area contributed by atoms with Gasteiger partial charge in [-0.1, -0.05) is 31.0 Å². The van der Waals surface area contributed by atoms with Crippen LogP contribution in [0.25, 0.3) is 21.9 Å². The first-order chi connectivity index (χ1) is 12.7. The van der Waals surface area contributed by atoms with Gasteiger partial charge in [0, 0.05) is 22.9 Å². The van der Waals surface area contributed by atoms with Gasteiger partial charge in [-0.3, -0.25) is 9.69 Å². The molecule has 5 nitrogen and oxygen atoms in total. The van der Waals surface area contributed by atoms with E-state index in [-0.39, 0.29) is 5.91 Å². The number of hydrogen-bond acceptors (Lipinski definition) is 4. The van der Waals surface area contributed by atoms with Gasteiger partial charge in [0.05, 0.1) is 19.3 Å². The van der Waals surface area contributed by atoms with Crippen LogP contribution in [0.1, 0.15) is 25.7 Å². The van der Waals surface area contributed by atoms with Gasteiger partial charge in [0.2, 0.25) is 5.91 Å². The van der Waals surface area contributed by atoms with E-state index in [0.717, 1.165) is 21.9 Å². The summed E-state index contributed by atoms with van der Waals surface area (Å²) in [6.07, 6.45) is 4.87. The number of benzene rings is 2. The van der Waals surface area contributed by atoms with E-state index >= 15 is 0 Å². The molecular weight excluding hydrogens is 328 g/mol. The van der Waals surface area contributed by atoms with Crippen LogP contribution < -0.4 is 10.1 Å². The van der Waals surface area contributed by atoms with Crippen molar-refractivity contribution in [3.63, 3.8) is 0 Å². The van der Waals surface area contributed by atoms with Crippen molar-refractivity contribution < 1.29 is 13.9 Å². The lowest BCUT2D eigenvalue weighted by molar-refractivity contribution is -0.117. The van der Waals surface area contributed by atoms with Crippen molar-refractivity contribution >= 4 is 33.5 Å². The second-order valence-electron chi connectivity index (χ2n) is 7.05. The Morgan fingerprint density at radius 2 is 1.96 bits per heavy atom. The number of furan rings is 1. The Morgan fingerprint density at radius 3 is 2.73 bits per heavy atom. The Labute approximate surface area is 152 Å². The third-order valence-corrected chi connectivity index (χ3v) is 5.31. The first-order valence-electron chi connectivity index (χ1n) is 9.15. The molecule has 1 fully saturated rings. The van der Waals surface area contributed by atoms with E-state index in [4.69, 9.17) is 9.15 Å². The molecule has 0 saturated heterocycles. The van der Waals surface area contributed by atoms with E-state index in [9.17, 15) is 4.79 Å². The van der Waals surface area contributed by atoms with Crippen molar-refractivity contribution in [2.75, 3.05) is 26.0 Å². The van der Waals surface area contributed by atoms with Gasteiger partial charge in [-0.2, -0.15) is 0 Å². The van der Waals surface area contributed by atoms with Crippen LogP contribution in [0.4, 0.5) is 5.69 Å². The summed E-state index contributed by atoms with van der Waals surface area (Å²) in [6.45, 7) is 0.381. The number of carbonyl (C=O) groups excluding carboxylic acids is 1. The minimum atomic E-state index is -0.0341. The molecule has 3 aromatic rings. The number of nitrogens with zero attached hydrogens (tertiary/aromatic N) is 1. The fourth-order valence-corrected chi connectivity index (χ4v) is 3.91. The van der Waals surface area contributed by atoms with E-state index in [0.29, 0.717) is 24.0 Å². The van der Waals surface area contributed by atoms with Crippen molar-refractivity contribution in [2.45, 2.75) is 31.7 Å². The van der Waals surface area contributed by atoms with Crippen molar-refractivity contribution in [2.24, 2.45) is 0 Å². The lowest BCUT2D eigenvalue weighted by Gasteiger charge is -2.23. The maximum atomic E-state index is 12.5. The summed E-state index contributed by atoms with van der Waals surface area (Å²) < 4.78 is 11.4. The topological polar surface area (TPSA) is 54.7 Å². The Balaban J connectivity index is 1.58. The van der Waals surface area contributed by atoms with Gasteiger partial charge in [-0.15, -0.1) is 0 Å². The second kappa shape index (κ2) is 7.00. The van der Waals surface area contributed by atoms with E-state index in [1.165, 1.54) is 25.7 Å². The lowest BCUT2D eigenvalue weighted by atomic mass is 10.1. The molecule has 0 atom stereocenters. The number of methoxy groups -OCH3 is 1. The summed E-state index contributed by atoms with van der Waals surface area (Å²) in [4.78, 5) is 14.7. The second-order valence-corrected chi connectivity index (χ2v) is 7.05. The molecular formula is C21H24N2O3. The third kappa shape index (κ3) is 3.15. The maximum absolute atomic E-state index is 12.5. The molecule has 136 valence electrons.